The first-order chi connectivity index (χ1) is 13.3. The van der Waals surface area contributed by atoms with Crippen LogP contribution in [-0.2, 0) is 24.2 Å². The second kappa shape index (κ2) is 8.31. The van der Waals surface area contributed by atoms with E-state index in [2.05, 4.69) is 15.0 Å². The first kappa shape index (κ1) is 17.7. The minimum Gasteiger partial charge on any atom is -0.351 e. The maximum Gasteiger partial charge on any atom is 0.244 e. The lowest BCUT2D eigenvalue weighted by Gasteiger charge is -2.14. The third-order valence-electron chi connectivity index (χ3n) is 4.78. The molecule has 0 radical (unpaired) electrons. The zero-order valence-electron chi connectivity index (χ0n) is 15.1. The van der Waals surface area contributed by atoms with E-state index in [0.717, 1.165) is 29.0 Å². The zero-order valence-corrected chi connectivity index (χ0v) is 15.9. The highest BCUT2D eigenvalue weighted by atomic mass is 32.1. The van der Waals surface area contributed by atoms with Crippen LogP contribution in [0.1, 0.15) is 29.0 Å². The number of carbonyl (C=O) groups is 1. The van der Waals surface area contributed by atoms with Gasteiger partial charge in [0.25, 0.3) is 0 Å². The molecule has 1 aliphatic rings. The number of thiophene rings is 1. The number of nitrogens with zero attached hydrogens (tertiary/aromatic N) is 3. The molecule has 0 atom stereocenters. The monoisotopic (exact) mass is 378 g/mol. The molecule has 0 fully saturated rings. The van der Waals surface area contributed by atoms with Gasteiger partial charge in [-0.1, -0.05) is 6.07 Å². The summed E-state index contributed by atoms with van der Waals surface area (Å²) < 4.78 is 2.08. The van der Waals surface area contributed by atoms with Crippen molar-refractivity contribution in [2.24, 2.45) is 0 Å². The quantitative estimate of drug-likeness (QED) is 0.665. The number of pyridine rings is 1. The second-order valence-electron chi connectivity index (χ2n) is 6.58. The Morgan fingerprint density at radius 3 is 2.89 bits per heavy atom. The maximum absolute atomic E-state index is 12.0. The van der Waals surface area contributed by atoms with Crippen molar-refractivity contribution in [2.75, 3.05) is 6.54 Å². The van der Waals surface area contributed by atoms with E-state index in [9.17, 15) is 4.79 Å². The average molecular weight is 379 g/mol. The van der Waals surface area contributed by atoms with Gasteiger partial charge in [-0.3, -0.25) is 14.5 Å². The Balaban J connectivity index is 1.43. The van der Waals surface area contributed by atoms with E-state index in [1.807, 2.05) is 48.1 Å². The van der Waals surface area contributed by atoms with Crippen LogP contribution in [0.15, 0.2) is 48.1 Å². The Morgan fingerprint density at radius 2 is 2.07 bits per heavy atom. The van der Waals surface area contributed by atoms with Gasteiger partial charge in [-0.15, -0.1) is 11.3 Å². The number of hydrogen-bond donors (Lipinski definition) is 1. The molecule has 0 unspecified atom stereocenters. The van der Waals surface area contributed by atoms with Crippen molar-refractivity contribution < 1.29 is 4.79 Å². The lowest BCUT2D eigenvalue weighted by atomic mass is 9.94. The van der Waals surface area contributed by atoms with Crippen molar-refractivity contribution in [3.05, 3.63) is 64.2 Å². The second-order valence-corrected chi connectivity index (χ2v) is 7.56. The first-order valence-electron chi connectivity index (χ1n) is 9.29. The van der Waals surface area contributed by atoms with Gasteiger partial charge in [-0.05, 0) is 55.3 Å². The maximum atomic E-state index is 12.0. The molecule has 0 bridgehead atoms. The molecule has 0 saturated heterocycles. The third-order valence-corrected chi connectivity index (χ3v) is 5.61. The van der Waals surface area contributed by atoms with Crippen molar-refractivity contribution in [3.8, 4) is 11.3 Å². The highest BCUT2D eigenvalue weighted by molar-refractivity contribution is 7.10. The van der Waals surface area contributed by atoms with E-state index in [-0.39, 0.29) is 5.91 Å². The lowest BCUT2D eigenvalue weighted by molar-refractivity contribution is -0.116. The van der Waals surface area contributed by atoms with Crippen LogP contribution in [0.5, 0.6) is 0 Å². The molecule has 138 valence electrons. The molecule has 0 spiro atoms. The predicted molar refractivity (Wildman–Crippen MR) is 108 cm³/mol. The largest absolute Gasteiger partial charge is 0.351 e. The zero-order chi connectivity index (χ0) is 18.5. The molecule has 1 N–H and O–H groups in total. The van der Waals surface area contributed by atoms with Gasteiger partial charge in [0.05, 0.1) is 12.2 Å². The van der Waals surface area contributed by atoms with E-state index in [4.69, 9.17) is 5.10 Å². The summed E-state index contributed by atoms with van der Waals surface area (Å²) in [4.78, 5) is 17.2. The number of fused-ring (bicyclic) bond motifs is 1. The number of amides is 1. The molecule has 5 nitrogen and oxygen atoms in total. The summed E-state index contributed by atoms with van der Waals surface area (Å²) in [5.74, 6) is -0.0706. The Labute approximate surface area is 162 Å². The van der Waals surface area contributed by atoms with Gasteiger partial charge in [0.2, 0.25) is 5.91 Å². The fourth-order valence-electron chi connectivity index (χ4n) is 3.49. The number of rotatable bonds is 6. The van der Waals surface area contributed by atoms with Gasteiger partial charge in [0.1, 0.15) is 0 Å². The van der Waals surface area contributed by atoms with Gasteiger partial charge in [0, 0.05) is 46.7 Å². The van der Waals surface area contributed by atoms with E-state index in [1.54, 1.807) is 17.4 Å². The molecule has 4 rings (SSSR count). The Bertz CT molecular complexity index is 929. The molecule has 27 heavy (non-hydrogen) atoms. The number of carbonyl (C=O) groups excluding carboxylic acids is 1. The fourth-order valence-corrected chi connectivity index (χ4v) is 4.10. The molecule has 0 aromatic carbocycles. The molecule has 3 aromatic heterocycles. The van der Waals surface area contributed by atoms with E-state index in [1.165, 1.54) is 24.1 Å². The van der Waals surface area contributed by atoms with Gasteiger partial charge >= 0.3 is 0 Å². The molecule has 0 aliphatic heterocycles. The molecule has 3 aromatic rings. The van der Waals surface area contributed by atoms with Crippen molar-refractivity contribution in [3.63, 3.8) is 0 Å². The van der Waals surface area contributed by atoms with Crippen LogP contribution in [0.2, 0.25) is 0 Å². The number of nitrogens with one attached hydrogen (secondary N) is 1. The SMILES string of the molecule is O=C(/C=C/c1cccs1)NCCn1nc(-c2ccncc2)c2c1CCCC2. The van der Waals surface area contributed by atoms with Crippen molar-refractivity contribution in [1.82, 2.24) is 20.1 Å². The van der Waals surface area contributed by atoms with Crippen LogP contribution in [-0.4, -0.2) is 27.2 Å². The van der Waals surface area contributed by atoms with E-state index < -0.39 is 0 Å². The van der Waals surface area contributed by atoms with Gasteiger partial charge in [0.15, 0.2) is 0 Å². The van der Waals surface area contributed by atoms with Crippen LogP contribution in [0.25, 0.3) is 17.3 Å². The van der Waals surface area contributed by atoms with E-state index >= 15 is 0 Å². The lowest BCUT2D eigenvalue weighted by Crippen LogP contribution is -2.26. The van der Waals surface area contributed by atoms with Gasteiger partial charge in [-0.2, -0.15) is 5.10 Å². The molecule has 0 saturated carbocycles. The van der Waals surface area contributed by atoms with Gasteiger partial charge in [-0.25, -0.2) is 0 Å². The smallest absolute Gasteiger partial charge is 0.244 e. The summed E-state index contributed by atoms with van der Waals surface area (Å²) in [6, 6.07) is 7.99. The van der Waals surface area contributed by atoms with Crippen molar-refractivity contribution in [1.29, 1.82) is 0 Å². The third kappa shape index (κ3) is 4.17. The Morgan fingerprint density at radius 1 is 1.22 bits per heavy atom. The van der Waals surface area contributed by atoms with E-state index in [0.29, 0.717) is 13.1 Å². The normalized spacial score (nSPS) is 13.6. The molecule has 1 aliphatic carbocycles. The number of hydrogen-bond acceptors (Lipinski definition) is 4. The van der Waals surface area contributed by atoms with Crippen molar-refractivity contribution >= 4 is 23.3 Å². The standard InChI is InChI=1S/C21H22N4OS/c26-20(8-7-17-4-3-15-27-17)23-13-14-25-19-6-2-1-5-18(19)21(24-25)16-9-11-22-12-10-16/h3-4,7-12,15H,1-2,5-6,13-14H2,(H,23,26)/b8-7+. The predicted octanol–water partition coefficient (Wildman–Crippen LogP) is 3.72. The van der Waals surface area contributed by atoms with Gasteiger partial charge < -0.3 is 5.32 Å². The average Bonchev–Trinajstić information content (AvgIpc) is 3.35. The highest BCUT2D eigenvalue weighted by Gasteiger charge is 2.21. The first-order valence-corrected chi connectivity index (χ1v) is 10.2. The molecule has 3 heterocycles. The Kier molecular flexibility index (Phi) is 5.44. The summed E-state index contributed by atoms with van der Waals surface area (Å²) in [6.07, 6.45) is 11.6. The molecular weight excluding hydrogens is 356 g/mol. The summed E-state index contributed by atoms with van der Waals surface area (Å²) >= 11 is 1.62. The highest BCUT2D eigenvalue weighted by Crippen LogP contribution is 2.30. The molecule has 6 heteroatoms. The summed E-state index contributed by atoms with van der Waals surface area (Å²) in [6.45, 7) is 1.25. The minimum atomic E-state index is -0.0706. The summed E-state index contributed by atoms with van der Waals surface area (Å²) in [7, 11) is 0. The van der Waals surface area contributed by atoms with Crippen LogP contribution >= 0.6 is 11.3 Å². The summed E-state index contributed by atoms with van der Waals surface area (Å²) in [5.41, 5.74) is 4.86. The molecular formula is C21H22N4OS. The summed E-state index contributed by atoms with van der Waals surface area (Å²) in [5, 5.41) is 9.82. The van der Waals surface area contributed by atoms with Crippen LogP contribution in [0.4, 0.5) is 0 Å². The fraction of sp³-hybridized carbons (Fsp3) is 0.286. The topological polar surface area (TPSA) is 59.8 Å². The molecule has 1 amide bonds. The van der Waals surface area contributed by atoms with Crippen LogP contribution < -0.4 is 5.32 Å². The van der Waals surface area contributed by atoms with Crippen LogP contribution in [0.3, 0.4) is 0 Å². The van der Waals surface area contributed by atoms with Crippen LogP contribution in [0, 0.1) is 0 Å². The Hall–Kier alpha value is -2.73. The van der Waals surface area contributed by atoms with Crippen molar-refractivity contribution in [2.45, 2.75) is 32.2 Å². The number of aromatic nitrogens is 3. The minimum absolute atomic E-state index is 0.0706.